The number of rotatable bonds is 4. The molecule has 3 rings (SSSR count). The van der Waals surface area contributed by atoms with Crippen LogP contribution in [0, 0.1) is 5.92 Å². The molecule has 5 nitrogen and oxygen atoms in total. The van der Waals surface area contributed by atoms with Crippen LogP contribution in [0.5, 0.6) is 11.5 Å². The summed E-state index contributed by atoms with van der Waals surface area (Å²) in [5, 5.41) is 13.1. The van der Waals surface area contributed by atoms with Gasteiger partial charge in [0, 0.05) is 12.5 Å². The Balaban J connectivity index is 1.56. The van der Waals surface area contributed by atoms with Gasteiger partial charge in [-0.2, -0.15) is 0 Å². The van der Waals surface area contributed by atoms with Crippen molar-refractivity contribution in [3.05, 3.63) is 35.9 Å². The molecule has 1 heterocycles. The van der Waals surface area contributed by atoms with E-state index in [1.807, 2.05) is 6.08 Å². The molecular formula is C17H21NO4. The van der Waals surface area contributed by atoms with E-state index in [4.69, 9.17) is 9.47 Å². The minimum atomic E-state index is -0.751. The zero-order chi connectivity index (χ0) is 15.4. The lowest BCUT2D eigenvalue weighted by atomic mass is 9.93. The van der Waals surface area contributed by atoms with Gasteiger partial charge in [0.15, 0.2) is 11.5 Å². The maximum absolute atomic E-state index is 12.1. The van der Waals surface area contributed by atoms with Crippen molar-refractivity contribution in [2.75, 3.05) is 19.8 Å². The van der Waals surface area contributed by atoms with Crippen LogP contribution in [0.1, 0.15) is 30.9 Å². The van der Waals surface area contributed by atoms with E-state index in [1.54, 1.807) is 18.2 Å². The molecule has 0 spiro atoms. The second kappa shape index (κ2) is 6.83. The van der Waals surface area contributed by atoms with Gasteiger partial charge in [-0.05, 0) is 37.0 Å². The average molecular weight is 303 g/mol. The van der Waals surface area contributed by atoms with Gasteiger partial charge < -0.3 is 19.9 Å². The molecule has 2 N–H and O–H groups in total. The van der Waals surface area contributed by atoms with Gasteiger partial charge in [0.25, 0.3) is 0 Å². The summed E-state index contributed by atoms with van der Waals surface area (Å²) in [6.45, 7) is 1.26. The lowest BCUT2D eigenvalue weighted by molar-refractivity contribution is -0.125. The lowest BCUT2D eigenvalue weighted by Crippen LogP contribution is -2.34. The van der Waals surface area contributed by atoms with Crippen LogP contribution in [-0.2, 0) is 4.79 Å². The van der Waals surface area contributed by atoms with E-state index in [1.165, 1.54) is 0 Å². The van der Waals surface area contributed by atoms with Crippen molar-refractivity contribution >= 4 is 5.91 Å². The van der Waals surface area contributed by atoms with Crippen molar-refractivity contribution in [1.29, 1.82) is 0 Å². The van der Waals surface area contributed by atoms with Crippen molar-refractivity contribution in [2.24, 2.45) is 5.92 Å². The quantitative estimate of drug-likeness (QED) is 0.835. The molecule has 0 fully saturated rings. The number of hydrogen-bond acceptors (Lipinski definition) is 4. The van der Waals surface area contributed by atoms with Crippen LogP contribution >= 0.6 is 0 Å². The van der Waals surface area contributed by atoms with Crippen LogP contribution in [-0.4, -0.2) is 30.8 Å². The van der Waals surface area contributed by atoms with Crippen molar-refractivity contribution in [1.82, 2.24) is 5.32 Å². The van der Waals surface area contributed by atoms with E-state index in [9.17, 15) is 9.90 Å². The Morgan fingerprint density at radius 1 is 1.27 bits per heavy atom. The highest BCUT2D eigenvalue weighted by Crippen LogP contribution is 2.32. The summed E-state index contributed by atoms with van der Waals surface area (Å²) in [5.74, 6) is 1.38. The standard InChI is InChI=1S/C17H21NO4/c19-14(11-18-17(20)12-4-2-1-3-5-12)13-6-7-15-16(10-13)22-9-8-21-15/h1-2,6-7,10,12,14,19H,3-5,8-9,11H2,(H,18,20). The van der Waals surface area contributed by atoms with Gasteiger partial charge in [0.05, 0.1) is 6.10 Å². The fourth-order valence-corrected chi connectivity index (χ4v) is 2.76. The zero-order valence-electron chi connectivity index (χ0n) is 12.5. The van der Waals surface area contributed by atoms with Gasteiger partial charge in [-0.3, -0.25) is 4.79 Å². The van der Waals surface area contributed by atoms with Gasteiger partial charge in [-0.15, -0.1) is 0 Å². The Bertz CT molecular complexity index is 570. The van der Waals surface area contributed by atoms with Crippen LogP contribution in [0.2, 0.25) is 0 Å². The van der Waals surface area contributed by atoms with Crippen LogP contribution in [0.4, 0.5) is 0 Å². The van der Waals surface area contributed by atoms with Gasteiger partial charge in [0.1, 0.15) is 13.2 Å². The number of aliphatic hydroxyl groups excluding tert-OH is 1. The number of ether oxygens (including phenoxy) is 2. The smallest absolute Gasteiger partial charge is 0.223 e. The fourth-order valence-electron chi connectivity index (χ4n) is 2.76. The molecule has 118 valence electrons. The average Bonchev–Trinajstić information content (AvgIpc) is 2.59. The van der Waals surface area contributed by atoms with E-state index in [0.717, 1.165) is 19.3 Å². The van der Waals surface area contributed by atoms with Crippen LogP contribution < -0.4 is 14.8 Å². The minimum Gasteiger partial charge on any atom is -0.486 e. The third-order valence-corrected chi connectivity index (χ3v) is 4.06. The van der Waals surface area contributed by atoms with Crippen molar-refractivity contribution in [3.63, 3.8) is 0 Å². The summed E-state index contributed by atoms with van der Waals surface area (Å²) >= 11 is 0. The molecule has 1 aliphatic carbocycles. The topological polar surface area (TPSA) is 67.8 Å². The summed E-state index contributed by atoms with van der Waals surface area (Å²) in [6, 6.07) is 5.36. The fraction of sp³-hybridized carbons (Fsp3) is 0.471. The Labute approximate surface area is 129 Å². The van der Waals surface area contributed by atoms with Crippen LogP contribution in [0.25, 0.3) is 0 Å². The SMILES string of the molecule is O=C(NCC(O)c1ccc2c(c1)OCCO2)C1CC=CCC1. The molecule has 2 atom stereocenters. The lowest BCUT2D eigenvalue weighted by Gasteiger charge is -2.21. The zero-order valence-corrected chi connectivity index (χ0v) is 12.5. The molecule has 5 heteroatoms. The number of benzene rings is 1. The first-order valence-electron chi connectivity index (χ1n) is 7.74. The maximum atomic E-state index is 12.1. The molecule has 1 aromatic rings. The molecule has 0 saturated heterocycles. The summed E-state index contributed by atoms with van der Waals surface area (Å²) in [6.07, 6.45) is 6.01. The van der Waals surface area contributed by atoms with Crippen LogP contribution in [0.15, 0.2) is 30.4 Å². The number of aliphatic hydroxyl groups is 1. The number of amides is 1. The van der Waals surface area contributed by atoms with Gasteiger partial charge in [-0.25, -0.2) is 0 Å². The molecule has 1 aliphatic heterocycles. The van der Waals surface area contributed by atoms with Gasteiger partial charge in [-0.1, -0.05) is 18.2 Å². The summed E-state index contributed by atoms with van der Waals surface area (Å²) in [5.41, 5.74) is 0.716. The molecule has 0 saturated carbocycles. The first-order valence-corrected chi connectivity index (χ1v) is 7.74. The Morgan fingerprint density at radius 3 is 2.86 bits per heavy atom. The normalized spacial score (nSPS) is 21.2. The first kappa shape index (κ1) is 14.9. The second-order valence-electron chi connectivity index (χ2n) is 5.65. The molecule has 1 aromatic carbocycles. The van der Waals surface area contributed by atoms with E-state index in [2.05, 4.69) is 11.4 Å². The molecule has 0 radical (unpaired) electrons. The number of allylic oxidation sites excluding steroid dienone is 2. The van der Waals surface area contributed by atoms with E-state index in [-0.39, 0.29) is 18.4 Å². The number of nitrogens with one attached hydrogen (secondary N) is 1. The van der Waals surface area contributed by atoms with E-state index < -0.39 is 6.10 Å². The summed E-state index contributed by atoms with van der Waals surface area (Å²) in [7, 11) is 0. The van der Waals surface area contributed by atoms with Crippen LogP contribution in [0.3, 0.4) is 0 Å². The highest BCUT2D eigenvalue weighted by molar-refractivity contribution is 5.79. The Morgan fingerprint density at radius 2 is 2.09 bits per heavy atom. The highest BCUT2D eigenvalue weighted by Gasteiger charge is 2.20. The first-order chi connectivity index (χ1) is 10.7. The van der Waals surface area contributed by atoms with E-state index in [0.29, 0.717) is 30.3 Å². The minimum absolute atomic E-state index is 0.0148. The molecule has 0 bridgehead atoms. The summed E-state index contributed by atoms with van der Waals surface area (Å²) < 4.78 is 11.0. The molecule has 0 aromatic heterocycles. The Kier molecular flexibility index (Phi) is 4.63. The monoisotopic (exact) mass is 303 g/mol. The molecule has 2 unspecified atom stereocenters. The third-order valence-electron chi connectivity index (χ3n) is 4.06. The van der Waals surface area contributed by atoms with Crippen molar-refractivity contribution in [2.45, 2.75) is 25.4 Å². The van der Waals surface area contributed by atoms with Gasteiger partial charge >= 0.3 is 0 Å². The predicted octanol–water partition coefficient (Wildman–Crippen LogP) is 1.96. The number of hydrogen-bond donors (Lipinski definition) is 2. The number of carbonyl (C=O) groups is 1. The molecule has 22 heavy (non-hydrogen) atoms. The van der Waals surface area contributed by atoms with Crippen molar-refractivity contribution < 1.29 is 19.4 Å². The largest absolute Gasteiger partial charge is 0.486 e. The number of carbonyl (C=O) groups excluding carboxylic acids is 1. The van der Waals surface area contributed by atoms with E-state index >= 15 is 0 Å². The predicted molar refractivity (Wildman–Crippen MR) is 81.9 cm³/mol. The highest BCUT2D eigenvalue weighted by atomic mass is 16.6. The second-order valence-corrected chi connectivity index (χ2v) is 5.65. The van der Waals surface area contributed by atoms with Crippen molar-refractivity contribution in [3.8, 4) is 11.5 Å². The Hall–Kier alpha value is -2.01. The van der Waals surface area contributed by atoms with Gasteiger partial charge in [0.2, 0.25) is 5.91 Å². The third kappa shape index (κ3) is 3.42. The maximum Gasteiger partial charge on any atom is 0.223 e. The summed E-state index contributed by atoms with van der Waals surface area (Å²) in [4.78, 5) is 12.1. The number of fused-ring (bicyclic) bond motifs is 1. The molecule has 2 aliphatic rings. The molecular weight excluding hydrogens is 282 g/mol. The molecule has 1 amide bonds.